The van der Waals surface area contributed by atoms with Gasteiger partial charge in [0.15, 0.2) is 7.59 Å². The third-order valence-electron chi connectivity index (χ3n) is 8.93. The number of hydrogen-bond acceptors (Lipinski definition) is 3. The molecule has 3 nitrogen and oxygen atoms in total. The van der Waals surface area contributed by atoms with Crippen LogP contribution in [0.5, 0.6) is 0 Å². The van der Waals surface area contributed by atoms with E-state index in [1.165, 1.54) is 20.7 Å². The Hall–Kier alpha value is -2.81. The molecular weight excluding hydrogens is 521 g/mol. The van der Waals surface area contributed by atoms with Gasteiger partial charge < -0.3 is 15.9 Å². The quantitative estimate of drug-likeness (QED) is 0.279. The summed E-state index contributed by atoms with van der Waals surface area (Å²) in [5, 5.41) is 5.67. The van der Waals surface area contributed by atoms with E-state index < -0.39 is 15.4 Å². The molecule has 1 aliphatic heterocycles. The molecule has 5 heteroatoms. The van der Waals surface area contributed by atoms with Crippen LogP contribution in [0.15, 0.2) is 121 Å². The average Bonchev–Trinajstić information content (AvgIpc) is 3.01. The Bertz CT molecular complexity index is 1240. The topological polar surface area (TPSA) is 61.3 Å². The van der Waals surface area contributed by atoms with Crippen molar-refractivity contribution in [1.29, 1.82) is 0 Å². The fourth-order valence-corrected chi connectivity index (χ4v) is 25.4. The van der Waals surface area contributed by atoms with Crippen LogP contribution in [0.4, 0.5) is 0 Å². The highest BCUT2D eigenvalue weighted by Gasteiger charge is 2.66. The minimum Gasteiger partial charge on any atom is -0.404 e. The van der Waals surface area contributed by atoms with E-state index in [9.17, 15) is 0 Å². The lowest BCUT2D eigenvalue weighted by atomic mass is 9.87. The molecule has 1 aliphatic rings. The molecule has 1 fully saturated rings. The summed E-state index contributed by atoms with van der Waals surface area (Å²) in [5.74, 6) is 0. The van der Waals surface area contributed by atoms with Gasteiger partial charge in [0.2, 0.25) is 0 Å². The molecule has 0 amide bonds. The van der Waals surface area contributed by atoms with Crippen molar-refractivity contribution in [2.45, 2.75) is 69.7 Å². The lowest BCUT2D eigenvalue weighted by Gasteiger charge is -2.58. The van der Waals surface area contributed by atoms with Gasteiger partial charge in [0.25, 0.3) is 7.83 Å². The third kappa shape index (κ3) is 5.41. The first-order valence-corrected chi connectivity index (χ1v) is 20.0. The van der Waals surface area contributed by atoms with Crippen LogP contribution >= 0.6 is 0 Å². The van der Waals surface area contributed by atoms with Gasteiger partial charge in [-0.15, -0.1) is 0 Å². The van der Waals surface area contributed by atoms with Crippen LogP contribution in [0.25, 0.3) is 0 Å². The van der Waals surface area contributed by atoms with E-state index in [0.29, 0.717) is 0 Å². The van der Waals surface area contributed by atoms with Crippen molar-refractivity contribution in [2.75, 3.05) is 0 Å². The predicted octanol–water partition coefficient (Wildman–Crippen LogP) is 4.50. The summed E-state index contributed by atoms with van der Waals surface area (Å²) in [5.41, 5.74) is 12.5. The summed E-state index contributed by atoms with van der Waals surface area (Å²) in [6.07, 6.45) is 4.83. The van der Waals surface area contributed by atoms with Crippen molar-refractivity contribution in [1.82, 2.24) is 0 Å². The van der Waals surface area contributed by atoms with Crippen molar-refractivity contribution in [2.24, 2.45) is 11.5 Å². The van der Waals surface area contributed by atoms with Crippen LogP contribution in [-0.2, 0) is 4.43 Å². The van der Waals surface area contributed by atoms with Gasteiger partial charge in [-0.3, -0.25) is 0 Å². The third-order valence-corrected chi connectivity index (χ3v) is 24.9. The maximum Gasteiger partial charge on any atom is 0.251 e. The van der Waals surface area contributed by atoms with Crippen LogP contribution < -0.4 is 32.2 Å². The maximum absolute atomic E-state index is 8.15. The molecule has 2 unspecified atom stereocenters. The minimum absolute atomic E-state index is 0.132. The smallest absolute Gasteiger partial charge is 0.251 e. The van der Waals surface area contributed by atoms with Crippen LogP contribution in [0.3, 0.4) is 0 Å². The normalized spacial score (nSPS) is 21.4. The fraction of sp³-hybridized carbons (Fsp3) is 0.314. The number of rotatable bonds is 10. The molecule has 4 N–H and O–H groups in total. The predicted molar refractivity (Wildman–Crippen MR) is 175 cm³/mol. The SMILES string of the molecule is CC(N)CCC1(CCC(C)N)CC[Si](c2ccccc2)(c2ccccc2)[Si](c2ccccc2)(c2ccccc2)O1. The molecule has 2 atom stereocenters. The van der Waals surface area contributed by atoms with E-state index >= 15 is 0 Å². The Kier molecular flexibility index (Phi) is 8.88. The zero-order valence-electron chi connectivity index (χ0n) is 24.0. The Labute approximate surface area is 242 Å². The molecule has 208 valence electrons. The molecule has 0 radical (unpaired) electrons. The van der Waals surface area contributed by atoms with Gasteiger partial charge in [-0.25, -0.2) is 0 Å². The molecule has 0 saturated carbocycles. The standard InChI is InChI=1S/C35H44N2OSi2/c1-29(36)23-25-35(26-24-30(2)37)27-28-39(31-15-7-3-8-16-31,32-17-9-4-10-18-32)40(38-35,33-19-11-5-12-20-33)34-21-13-6-14-22-34/h3-22,29-30H,23-28,36-37H2,1-2H3. The first-order valence-electron chi connectivity index (χ1n) is 14.9. The fourth-order valence-electron chi connectivity index (χ4n) is 6.94. The van der Waals surface area contributed by atoms with Crippen LogP contribution in [0.2, 0.25) is 6.04 Å². The molecule has 0 aliphatic carbocycles. The van der Waals surface area contributed by atoms with Gasteiger partial charge >= 0.3 is 0 Å². The highest BCUT2D eigenvalue weighted by Crippen LogP contribution is 2.44. The van der Waals surface area contributed by atoms with E-state index in [2.05, 4.69) is 135 Å². The van der Waals surface area contributed by atoms with E-state index in [-0.39, 0.29) is 17.7 Å². The van der Waals surface area contributed by atoms with Crippen molar-refractivity contribution in [3.63, 3.8) is 0 Å². The summed E-state index contributed by atoms with van der Waals surface area (Å²) in [7, 11) is -5.46. The van der Waals surface area contributed by atoms with Gasteiger partial charge in [-0.05, 0) is 62.4 Å². The van der Waals surface area contributed by atoms with Gasteiger partial charge in [-0.2, -0.15) is 0 Å². The first-order chi connectivity index (χ1) is 19.4. The molecule has 0 spiro atoms. The average molecular weight is 565 g/mol. The highest BCUT2D eigenvalue weighted by atomic mass is 29.3. The second-order valence-electron chi connectivity index (χ2n) is 11.9. The Morgan fingerprint density at radius 2 is 0.950 bits per heavy atom. The summed E-state index contributed by atoms with van der Waals surface area (Å²) in [6, 6.07) is 46.5. The molecule has 0 bridgehead atoms. The van der Waals surface area contributed by atoms with E-state index in [0.717, 1.165) is 38.1 Å². The van der Waals surface area contributed by atoms with Crippen molar-refractivity contribution in [3.05, 3.63) is 121 Å². The van der Waals surface area contributed by atoms with Crippen molar-refractivity contribution < 1.29 is 4.43 Å². The molecule has 1 heterocycles. The Balaban J connectivity index is 1.86. The van der Waals surface area contributed by atoms with Gasteiger partial charge in [0, 0.05) is 12.1 Å². The number of benzene rings is 4. The summed E-state index contributed by atoms with van der Waals surface area (Å²) >= 11 is 0. The molecule has 4 aromatic carbocycles. The van der Waals surface area contributed by atoms with Crippen molar-refractivity contribution >= 4 is 36.2 Å². The van der Waals surface area contributed by atoms with Crippen LogP contribution in [-0.4, -0.2) is 33.1 Å². The minimum atomic E-state index is -2.92. The molecule has 5 rings (SSSR count). The largest absolute Gasteiger partial charge is 0.404 e. The van der Waals surface area contributed by atoms with Gasteiger partial charge in [0.1, 0.15) is 0 Å². The summed E-state index contributed by atoms with van der Waals surface area (Å²) in [6.45, 7) is 4.24. The lowest BCUT2D eigenvalue weighted by molar-refractivity contribution is 0.0325. The molecule has 0 aromatic heterocycles. The summed E-state index contributed by atoms with van der Waals surface area (Å²) < 4.78 is 8.15. The lowest BCUT2D eigenvalue weighted by Crippen LogP contribution is -2.89. The van der Waals surface area contributed by atoms with Gasteiger partial charge in [-0.1, -0.05) is 132 Å². The second kappa shape index (κ2) is 12.4. The second-order valence-corrected chi connectivity index (χ2v) is 22.7. The zero-order chi connectivity index (χ0) is 28.1. The molecular formula is C35H44N2OSi2. The molecule has 40 heavy (non-hydrogen) atoms. The maximum atomic E-state index is 8.15. The molecule has 4 aromatic rings. The van der Waals surface area contributed by atoms with Gasteiger partial charge in [0.05, 0.1) is 5.60 Å². The van der Waals surface area contributed by atoms with E-state index in [1.54, 1.807) is 0 Å². The van der Waals surface area contributed by atoms with Crippen LogP contribution in [0, 0.1) is 0 Å². The zero-order valence-corrected chi connectivity index (χ0v) is 26.0. The van der Waals surface area contributed by atoms with Crippen molar-refractivity contribution in [3.8, 4) is 0 Å². The number of hydrogen-bond donors (Lipinski definition) is 2. The van der Waals surface area contributed by atoms with E-state index in [1.807, 2.05) is 0 Å². The first kappa shape index (κ1) is 28.7. The van der Waals surface area contributed by atoms with E-state index in [4.69, 9.17) is 15.9 Å². The number of nitrogens with two attached hydrogens (primary N) is 2. The monoisotopic (exact) mass is 564 g/mol. The highest BCUT2D eigenvalue weighted by molar-refractivity contribution is 7.57. The Morgan fingerprint density at radius 3 is 1.30 bits per heavy atom. The Morgan fingerprint density at radius 1 is 0.600 bits per heavy atom. The van der Waals surface area contributed by atoms with Crippen LogP contribution in [0.1, 0.15) is 46.0 Å². The molecule has 1 saturated heterocycles. The summed E-state index contributed by atoms with van der Waals surface area (Å²) in [4.78, 5) is 0.